The van der Waals surface area contributed by atoms with E-state index in [0.29, 0.717) is 12.0 Å². The van der Waals surface area contributed by atoms with Crippen molar-refractivity contribution in [3.05, 3.63) is 70.2 Å². The van der Waals surface area contributed by atoms with Crippen molar-refractivity contribution in [1.29, 1.82) is 5.26 Å². The second kappa shape index (κ2) is 6.31. The molecule has 0 fully saturated rings. The largest absolute Gasteiger partial charge is 0.293 e. The Kier molecular flexibility index (Phi) is 4.48. The van der Waals surface area contributed by atoms with Gasteiger partial charge in [0.2, 0.25) is 0 Å². The molecule has 0 aliphatic rings. The van der Waals surface area contributed by atoms with Crippen molar-refractivity contribution in [2.45, 2.75) is 6.42 Å². The monoisotopic (exact) mass is 313 g/mol. The molecule has 0 saturated heterocycles. The Morgan fingerprint density at radius 2 is 1.74 bits per heavy atom. The summed E-state index contributed by atoms with van der Waals surface area (Å²) in [5.41, 5.74) is 1.57. The topological polar surface area (TPSA) is 40.9 Å². The molecule has 0 aliphatic heterocycles. The van der Waals surface area contributed by atoms with E-state index in [1.807, 2.05) is 42.5 Å². The highest BCUT2D eigenvalue weighted by atomic mass is 79.9. The van der Waals surface area contributed by atoms with Gasteiger partial charge in [0.25, 0.3) is 0 Å². The van der Waals surface area contributed by atoms with E-state index in [-0.39, 0.29) is 5.78 Å². The third kappa shape index (κ3) is 3.52. The Morgan fingerprint density at radius 1 is 1.11 bits per heavy atom. The molecular weight excluding hydrogens is 302 g/mol. The Morgan fingerprint density at radius 3 is 2.32 bits per heavy atom. The molecular formula is C16H12BrNO. The first-order valence-electron chi connectivity index (χ1n) is 5.94. The van der Waals surface area contributed by atoms with Crippen LogP contribution in [0.25, 0.3) is 0 Å². The maximum atomic E-state index is 12.3. The summed E-state index contributed by atoms with van der Waals surface area (Å²) in [5, 5.41) is 9.19. The third-order valence-corrected chi connectivity index (χ3v) is 3.41. The summed E-state index contributed by atoms with van der Waals surface area (Å²) in [6.45, 7) is 0. The van der Waals surface area contributed by atoms with E-state index >= 15 is 0 Å². The molecule has 2 rings (SSSR count). The molecule has 0 heterocycles. The van der Waals surface area contributed by atoms with Crippen LogP contribution in [0.3, 0.4) is 0 Å². The van der Waals surface area contributed by atoms with Crippen molar-refractivity contribution >= 4 is 21.7 Å². The fourth-order valence-corrected chi connectivity index (χ4v) is 2.13. The molecule has 0 amide bonds. The molecule has 0 spiro atoms. The van der Waals surface area contributed by atoms with E-state index < -0.39 is 5.92 Å². The van der Waals surface area contributed by atoms with E-state index in [4.69, 9.17) is 0 Å². The number of benzene rings is 2. The normalized spacial score (nSPS) is 11.6. The van der Waals surface area contributed by atoms with Gasteiger partial charge in [-0.2, -0.15) is 5.26 Å². The van der Waals surface area contributed by atoms with Gasteiger partial charge < -0.3 is 0 Å². The number of hydrogen-bond donors (Lipinski definition) is 0. The van der Waals surface area contributed by atoms with Gasteiger partial charge in [0, 0.05) is 10.0 Å². The van der Waals surface area contributed by atoms with E-state index in [9.17, 15) is 10.1 Å². The van der Waals surface area contributed by atoms with Crippen molar-refractivity contribution < 1.29 is 4.79 Å². The maximum Gasteiger partial charge on any atom is 0.180 e. The number of Topliss-reactive ketones (excluding diaryl/α,β-unsaturated/α-hetero) is 1. The minimum Gasteiger partial charge on any atom is -0.293 e. The van der Waals surface area contributed by atoms with Crippen LogP contribution in [0, 0.1) is 17.2 Å². The lowest BCUT2D eigenvalue weighted by Crippen LogP contribution is -2.15. The van der Waals surface area contributed by atoms with Crippen LogP contribution in [0.2, 0.25) is 0 Å². The average Bonchev–Trinajstić information content (AvgIpc) is 2.46. The van der Waals surface area contributed by atoms with Crippen LogP contribution >= 0.6 is 15.9 Å². The quantitative estimate of drug-likeness (QED) is 0.800. The smallest absolute Gasteiger partial charge is 0.180 e. The van der Waals surface area contributed by atoms with Gasteiger partial charge in [-0.25, -0.2) is 0 Å². The first-order valence-corrected chi connectivity index (χ1v) is 6.73. The van der Waals surface area contributed by atoms with E-state index in [1.54, 1.807) is 12.1 Å². The molecule has 94 valence electrons. The number of carbonyl (C=O) groups excluding carboxylic acids is 1. The van der Waals surface area contributed by atoms with Crippen molar-refractivity contribution in [2.75, 3.05) is 0 Å². The number of rotatable bonds is 4. The molecule has 2 aromatic rings. The summed E-state index contributed by atoms with van der Waals surface area (Å²) in [5.74, 6) is -0.762. The van der Waals surface area contributed by atoms with Gasteiger partial charge in [-0.15, -0.1) is 0 Å². The zero-order valence-corrected chi connectivity index (χ0v) is 11.8. The second-order valence-corrected chi connectivity index (χ2v) is 5.16. The second-order valence-electron chi connectivity index (χ2n) is 4.24. The lowest BCUT2D eigenvalue weighted by atomic mass is 9.92. The fraction of sp³-hybridized carbons (Fsp3) is 0.125. The van der Waals surface area contributed by atoms with Crippen LogP contribution in [0.4, 0.5) is 0 Å². The lowest BCUT2D eigenvalue weighted by Gasteiger charge is -2.08. The zero-order valence-electron chi connectivity index (χ0n) is 10.2. The lowest BCUT2D eigenvalue weighted by molar-refractivity contribution is 0.0948. The molecule has 19 heavy (non-hydrogen) atoms. The number of halogens is 1. The molecule has 1 unspecified atom stereocenters. The Labute approximate surface area is 120 Å². The summed E-state index contributed by atoms with van der Waals surface area (Å²) >= 11 is 3.33. The van der Waals surface area contributed by atoms with Crippen LogP contribution in [0.5, 0.6) is 0 Å². The van der Waals surface area contributed by atoms with Gasteiger partial charge in [-0.3, -0.25) is 4.79 Å². The summed E-state index contributed by atoms with van der Waals surface area (Å²) in [6.07, 6.45) is 0.451. The van der Waals surface area contributed by atoms with Crippen LogP contribution in [0.15, 0.2) is 59.1 Å². The van der Waals surface area contributed by atoms with Crippen molar-refractivity contribution in [1.82, 2.24) is 0 Å². The first kappa shape index (κ1) is 13.5. The molecule has 1 atom stereocenters. The molecule has 0 bridgehead atoms. The van der Waals surface area contributed by atoms with Gasteiger partial charge in [0.1, 0.15) is 5.92 Å². The van der Waals surface area contributed by atoms with Gasteiger partial charge in [0.05, 0.1) is 6.07 Å². The molecule has 0 saturated carbocycles. The number of carbonyl (C=O) groups is 1. The van der Waals surface area contributed by atoms with E-state index in [2.05, 4.69) is 22.0 Å². The van der Waals surface area contributed by atoms with Crippen molar-refractivity contribution in [3.63, 3.8) is 0 Å². The van der Waals surface area contributed by atoms with E-state index in [1.165, 1.54) is 0 Å². The van der Waals surface area contributed by atoms with Crippen molar-refractivity contribution in [2.24, 2.45) is 5.92 Å². The SMILES string of the molecule is N#CC(Cc1ccccc1)C(=O)c1ccc(Br)cc1. The van der Waals surface area contributed by atoms with Gasteiger partial charge in [-0.05, 0) is 24.1 Å². The standard InChI is InChI=1S/C16H12BrNO/c17-15-8-6-13(7-9-15)16(19)14(11-18)10-12-4-2-1-3-5-12/h1-9,14H,10H2. The number of nitriles is 1. The molecule has 0 radical (unpaired) electrons. The molecule has 0 aromatic heterocycles. The molecule has 2 nitrogen and oxygen atoms in total. The van der Waals surface area contributed by atoms with Crippen molar-refractivity contribution in [3.8, 4) is 6.07 Å². The van der Waals surface area contributed by atoms with Crippen LogP contribution in [-0.4, -0.2) is 5.78 Å². The van der Waals surface area contributed by atoms with Gasteiger partial charge in [0.15, 0.2) is 5.78 Å². The Balaban J connectivity index is 2.16. The maximum absolute atomic E-state index is 12.3. The molecule has 0 N–H and O–H groups in total. The average molecular weight is 314 g/mol. The fourth-order valence-electron chi connectivity index (χ4n) is 1.86. The molecule has 0 aliphatic carbocycles. The summed E-state index contributed by atoms with van der Waals surface area (Å²) < 4.78 is 0.917. The highest BCUT2D eigenvalue weighted by Crippen LogP contribution is 2.17. The van der Waals surface area contributed by atoms with Crippen LogP contribution in [0.1, 0.15) is 15.9 Å². The Hall–Kier alpha value is -1.92. The summed E-state index contributed by atoms with van der Waals surface area (Å²) in [4.78, 5) is 12.3. The van der Waals surface area contributed by atoms with E-state index in [0.717, 1.165) is 10.0 Å². The van der Waals surface area contributed by atoms with Gasteiger partial charge in [-0.1, -0.05) is 58.4 Å². The molecule has 2 aromatic carbocycles. The summed E-state index contributed by atoms with van der Waals surface area (Å²) in [7, 11) is 0. The zero-order chi connectivity index (χ0) is 13.7. The van der Waals surface area contributed by atoms with Gasteiger partial charge >= 0.3 is 0 Å². The predicted octanol–water partition coefficient (Wildman–Crippen LogP) is 4.01. The van der Waals surface area contributed by atoms with Crippen LogP contribution in [-0.2, 0) is 6.42 Å². The predicted molar refractivity (Wildman–Crippen MR) is 77.7 cm³/mol. The molecule has 3 heteroatoms. The minimum atomic E-state index is -0.636. The highest BCUT2D eigenvalue weighted by Gasteiger charge is 2.19. The number of hydrogen-bond acceptors (Lipinski definition) is 2. The number of nitrogens with zero attached hydrogens (tertiary/aromatic N) is 1. The third-order valence-electron chi connectivity index (χ3n) is 2.88. The first-order chi connectivity index (χ1) is 9.20. The Bertz CT molecular complexity index is 599. The minimum absolute atomic E-state index is 0.126. The number of ketones is 1. The highest BCUT2D eigenvalue weighted by molar-refractivity contribution is 9.10. The summed E-state index contributed by atoms with van der Waals surface area (Å²) in [6, 6.07) is 18.8. The van der Waals surface area contributed by atoms with Crippen LogP contribution < -0.4 is 0 Å².